The summed E-state index contributed by atoms with van der Waals surface area (Å²) in [5, 5.41) is 19.0. The van der Waals surface area contributed by atoms with Gasteiger partial charge in [-0.1, -0.05) is 23.7 Å². The van der Waals surface area contributed by atoms with E-state index in [1.54, 1.807) is 30.3 Å². The van der Waals surface area contributed by atoms with Gasteiger partial charge < -0.3 is 19.1 Å². The standard InChI is InChI=1S/C28H27ClN2O6/c1-17(2)37-11-10-24(25(32)12-18-4-6-19(7-5-18)28(34)35)31-16-26(36-3)23(14-27(31)33)22-13-21(29)9-8-20(22)15-30/h4-9,13-14,16-17,24H,10-12H2,1-3H3,(H,34,35)/t24-/m0/s1. The van der Waals surface area contributed by atoms with E-state index in [2.05, 4.69) is 6.07 Å². The maximum Gasteiger partial charge on any atom is 0.335 e. The smallest absolute Gasteiger partial charge is 0.335 e. The predicted octanol–water partition coefficient (Wildman–Crippen LogP) is 4.92. The number of aromatic carboxylic acids is 1. The van der Waals surface area contributed by atoms with Crippen molar-refractivity contribution in [3.63, 3.8) is 0 Å². The topological polar surface area (TPSA) is 119 Å². The van der Waals surface area contributed by atoms with Crippen molar-refractivity contribution in [2.75, 3.05) is 13.7 Å². The van der Waals surface area contributed by atoms with Crippen LogP contribution in [0.4, 0.5) is 0 Å². The first-order chi connectivity index (χ1) is 17.6. The fourth-order valence-electron chi connectivity index (χ4n) is 3.94. The quantitative estimate of drug-likeness (QED) is 0.380. The van der Waals surface area contributed by atoms with Crippen molar-refractivity contribution in [1.82, 2.24) is 4.57 Å². The van der Waals surface area contributed by atoms with E-state index < -0.39 is 17.6 Å². The van der Waals surface area contributed by atoms with E-state index in [-0.39, 0.29) is 36.9 Å². The van der Waals surface area contributed by atoms with Crippen LogP contribution in [0.15, 0.2) is 59.5 Å². The maximum atomic E-state index is 13.4. The Balaban J connectivity index is 2.02. The SMILES string of the molecule is COc1cn([C@@H](CCOC(C)C)C(=O)Cc2ccc(C(=O)O)cc2)c(=O)cc1-c1cc(Cl)ccc1C#N. The minimum Gasteiger partial charge on any atom is -0.495 e. The third-order valence-corrected chi connectivity index (χ3v) is 6.02. The number of nitriles is 1. The first-order valence-corrected chi connectivity index (χ1v) is 12.0. The molecule has 9 heteroatoms. The molecule has 1 atom stereocenters. The molecule has 1 heterocycles. The molecule has 0 saturated heterocycles. The number of carbonyl (C=O) groups is 2. The van der Waals surface area contributed by atoms with Crippen LogP contribution in [0, 0.1) is 11.3 Å². The van der Waals surface area contributed by atoms with Gasteiger partial charge in [-0.15, -0.1) is 0 Å². The number of aromatic nitrogens is 1. The molecule has 0 aliphatic carbocycles. The molecule has 0 aliphatic rings. The number of ether oxygens (including phenoxy) is 2. The lowest BCUT2D eigenvalue weighted by Crippen LogP contribution is -2.31. The van der Waals surface area contributed by atoms with Crippen LogP contribution >= 0.6 is 11.6 Å². The Morgan fingerprint density at radius 1 is 1.11 bits per heavy atom. The lowest BCUT2D eigenvalue weighted by atomic mass is 9.98. The Hall–Kier alpha value is -3.93. The number of ketones is 1. The van der Waals surface area contributed by atoms with Crippen LogP contribution < -0.4 is 10.3 Å². The lowest BCUT2D eigenvalue weighted by molar-refractivity contribution is -0.122. The van der Waals surface area contributed by atoms with Crippen LogP contribution in [-0.2, 0) is 16.0 Å². The fraction of sp³-hybridized carbons (Fsp3) is 0.286. The van der Waals surface area contributed by atoms with Crippen molar-refractivity contribution in [3.05, 3.63) is 86.8 Å². The zero-order valence-electron chi connectivity index (χ0n) is 20.7. The molecular formula is C28H27ClN2O6. The largest absolute Gasteiger partial charge is 0.495 e. The summed E-state index contributed by atoms with van der Waals surface area (Å²) in [5.41, 5.74) is 1.44. The van der Waals surface area contributed by atoms with Crippen molar-refractivity contribution < 1.29 is 24.2 Å². The molecule has 1 aromatic heterocycles. The summed E-state index contributed by atoms with van der Waals surface area (Å²) < 4.78 is 12.5. The van der Waals surface area contributed by atoms with Crippen LogP contribution in [0.1, 0.15) is 47.8 Å². The number of pyridine rings is 1. The summed E-state index contributed by atoms with van der Waals surface area (Å²) in [7, 11) is 1.44. The number of methoxy groups -OCH3 is 1. The Kier molecular flexibility index (Phi) is 9.23. The van der Waals surface area contributed by atoms with E-state index in [1.165, 1.54) is 36.1 Å². The molecule has 8 nitrogen and oxygen atoms in total. The average Bonchev–Trinajstić information content (AvgIpc) is 2.86. The second-order valence-electron chi connectivity index (χ2n) is 8.67. The highest BCUT2D eigenvalue weighted by atomic mass is 35.5. The van der Waals surface area contributed by atoms with Crippen LogP contribution in [-0.4, -0.2) is 41.2 Å². The van der Waals surface area contributed by atoms with Gasteiger partial charge in [0.2, 0.25) is 0 Å². The van der Waals surface area contributed by atoms with E-state index in [0.29, 0.717) is 33.0 Å². The molecule has 0 saturated carbocycles. The molecular weight excluding hydrogens is 496 g/mol. The molecule has 3 rings (SSSR count). The molecule has 0 spiro atoms. The maximum absolute atomic E-state index is 13.4. The van der Waals surface area contributed by atoms with Gasteiger partial charge in [0.15, 0.2) is 5.78 Å². The van der Waals surface area contributed by atoms with Gasteiger partial charge in [-0.3, -0.25) is 9.59 Å². The number of halogens is 1. The number of carboxylic acid groups (broad SMARTS) is 1. The van der Waals surface area contributed by atoms with Gasteiger partial charge in [-0.05, 0) is 56.2 Å². The van der Waals surface area contributed by atoms with Gasteiger partial charge in [0.25, 0.3) is 5.56 Å². The lowest BCUT2D eigenvalue weighted by Gasteiger charge is -2.22. The van der Waals surface area contributed by atoms with Gasteiger partial charge in [-0.25, -0.2) is 4.79 Å². The van der Waals surface area contributed by atoms with E-state index >= 15 is 0 Å². The molecule has 0 fully saturated rings. The number of hydrogen-bond donors (Lipinski definition) is 1. The molecule has 0 bridgehead atoms. The number of carboxylic acids is 1. The van der Waals surface area contributed by atoms with E-state index in [0.717, 1.165) is 0 Å². The van der Waals surface area contributed by atoms with E-state index in [1.807, 2.05) is 13.8 Å². The summed E-state index contributed by atoms with van der Waals surface area (Å²) in [6.45, 7) is 4.00. The van der Waals surface area contributed by atoms with Crippen molar-refractivity contribution in [1.29, 1.82) is 5.26 Å². The molecule has 37 heavy (non-hydrogen) atoms. The van der Waals surface area contributed by atoms with Crippen LogP contribution in [0.3, 0.4) is 0 Å². The summed E-state index contributed by atoms with van der Waals surface area (Å²) in [6, 6.07) is 13.3. The first kappa shape index (κ1) is 27.7. The monoisotopic (exact) mass is 522 g/mol. The Bertz CT molecular complexity index is 1390. The minimum atomic E-state index is -1.06. The molecule has 1 N–H and O–H groups in total. The average molecular weight is 523 g/mol. The second kappa shape index (κ2) is 12.3. The third-order valence-electron chi connectivity index (χ3n) is 5.79. The highest BCUT2D eigenvalue weighted by Gasteiger charge is 2.24. The van der Waals surface area contributed by atoms with Crippen molar-refractivity contribution >= 4 is 23.4 Å². The van der Waals surface area contributed by atoms with Crippen molar-refractivity contribution in [3.8, 4) is 22.9 Å². The molecule has 2 aromatic carbocycles. The minimum absolute atomic E-state index is 0.00434. The molecule has 0 aliphatic heterocycles. The third kappa shape index (κ3) is 6.85. The number of benzene rings is 2. The number of Topliss-reactive ketones (excluding diaryl/α,β-unsaturated/α-hetero) is 1. The first-order valence-electron chi connectivity index (χ1n) is 11.6. The van der Waals surface area contributed by atoms with Gasteiger partial charge >= 0.3 is 5.97 Å². The van der Waals surface area contributed by atoms with Gasteiger partial charge in [0.05, 0.1) is 42.6 Å². The van der Waals surface area contributed by atoms with E-state index in [9.17, 15) is 19.6 Å². The summed E-state index contributed by atoms with van der Waals surface area (Å²) in [6.07, 6.45) is 1.65. The second-order valence-corrected chi connectivity index (χ2v) is 9.11. The fourth-order valence-corrected chi connectivity index (χ4v) is 4.11. The van der Waals surface area contributed by atoms with Crippen molar-refractivity contribution in [2.24, 2.45) is 0 Å². The van der Waals surface area contributed by atoms with Gasteiger partial charge in [0, 0.05) is 35.2 Å². The normalized spacial score (nSPS) is 11.7. The highest BCUT2D eigenvalue weighted by molar-refractivity contribution is 6.31. The summed E-state index contributed by atoms with van der Waals surface area (Å²) >= 11 is 6.14. The summed E-state index contributed by atoms with van der Waals surface area (Å²) in [5.74, 6) is -1.00. The molecule has 192 valence electrons. The van der Waals surface area contributed by atoms with Crippen molar-refractivity contribution in [2.45, 2.75) is 38.8 Å². The Morgan fingerprint density at radius 3 is 2.41 bits per heavy atom. The van der Waals surface area contributed by atoms with E-state index in [4.69, 9.17) is 26.2 Å². The zero-order chi connectivity index (χ0) is 27.1. The van der Waals surface area contributed by atoms with Crippen LogP contribution in [0.25, 0.3) is 11.1 Å². The van der Waals surface area contributed by atoms with Crippen LogP contribution in [0.2, 0.25) is 5.02 Å². The van der Waals surface area contributed by atoms with Crippen LogP contribution in [0.5, 0.6) is 5.75 Å². The highest BCUT2D eigenvalue weighted by Crippen LogP contribution is 2.33. The molecule has 0 radical (unpaired) electrons. The van der Waals surface area contributed by atoms with Gasteiger partial charge in [0.1, 0.15) is 5.75 Å². The number of hydrogen-bond acceptors (Lipinski definition) is 6. The molecule has 3 aromatic rings. The predicted molar refractivity (Wildman–Crippen MR) is 139 cm³/mol. The van der Waals surface area contributed by atoms with Gasteiger partial charge in [-0.2, -0.15) is 5.26 Å². The zero-order valence-corrected chi connectivity index (χ0v) is 21.5. The number of nitrogens with zero attached hydrogens (tertiary/aromatic N) is 2. The number of carbonyl (C=O) groups excluding carboxylic acids is 1. The Morgan fingerprint density at radius 2 is 1.81 bits per heavy atom. The molecule has 0 amide bonds. The Labute approximate surface area is 219 Å². The summed E-state index contributed by atoms with van der Waals surface area (Å²) in [4.78, 5) is 37.9. The number of rotatable bonds is 11. The molecule has 0 unspecified atom stereocenters.